The van der Waals surface area contributed by atoms with Gasteiger partial charge in [0.15, 0.2) is 0 Å². The van der Waals surface area contributed by atoms with Crippen LogP contribution in [-0.2, 0) is 11.4 Å². The lowest BCUT2D eigenvalue weighted by Gasteiger charge is -2.18. The Balaban J connectivity index is 1.64. The smallest absolute Gasteiger partial charge is 0.235 e. The van der Waals surface area contributed by atoms with Gasteiger partial charge in [-0.15, -0.1) is 11.8 Å². The van der Waals surface area contributed by atoms with E-state index in [9.17, 15) is 4.79 Å². The molecule has 3 heterocycles. The van der Waals surface area contributed by atoms with Gasteiger partial charge in [0.2, 0.25) is 5.91 Å². The second-order valence-electron chi connectivity index (χ2n) is 5.59. The van der Waals surface area contributed by atoms with Crippen LogP contribution >= 0.6 is 11.8 Å². The second kappa shape index (κ2) is 6.98. The Labute approximate surface area is 149 Å². The van der Waals surface area contributed by atoms with Crippen molar-refractivity contribution >= 4 is 23.5 Å². The van der Waals surface area contributed by atoms with Crippen LogP contribution in [0.15, 0.2) is 54.9 Å². The molecule has 4 rings (SSSR count). The SMILES string of the molecule is O=C1CS[C@@H](c2ccccc2OCc2ccccn2)c2cn[nH]c2N1. The van der Waals surface area contributed by atoms with Crippen molar-refractivity contribution in [3.63, 3.8) is 0 Å². The van der Waals surface area contributed by atoms with Gasteiger partial charge in [-0.25, -0.2) is 0 Å². The van der Waals surface area contributed by atoms with Crippen molar-refractivity contribution in [1.82, 2.24) is 15.2 Å². The number of benzene rings is 1. The number of nitrogens with zero attached hydrogens (tertiary/aromatic N) is 2. The van der Waals surface area contributed by atoms with Crippen LogP contribution in [-0.4, -0.2) is 26.8 Å². The number of H-pyrrole nitrogens is 1. The second-order valence-corrected chi connectivity index (χ2v) is 6.68. The standard InChI is InChI=1S/C18H16N4O2S/c23-16-11-25-17(14-9-20-22-18(14)21-16)13-6-1-2-7-15(13)24-10-12-5-3-4-8-19-12/h1-9,17H,10-11H2,(H2,20,21,22,23)/t17-/m0/s1. The lowest BCUT2D eigenvalue weighted by molar-refractivity contribution is -0.113. The highest BCUT2D eigenvalue weighted by Gasteiger charge is 2.27. The van der Waals surface area contributed by atoms with Crippen LogP contribution in [0.3, 0.4) is 0 Å². The van der Waals surface area contributed by atoms with E-state index in [1.807, 2.05) is 42.5 Å². The third kappa shape index (κ3) is 3.36. The number of hydrogen-bond donors (Lipinski definition) is 2. The third-order valence-electron chi connectivity index (χ3n) is 3.90. The molecule has 0 spiro atoms. The summed E-state index contributed by atoms with van der Waals surface area (Å²) in [5.41, 5.74) is 2.83. The zero-order valence-corrected chi connectivity index (χ0v) is 14.1. The zero-order valence-electron chi connectivity index (χ0n) is 13.3. The first kappa shape index (κ1) is 15.7. The Morgan fingerprint density at radius 2 is 2.04 bits per heavy atom. The summed E-state index contributed by atoms with van der Waals surface area (Å²) in [4.78, 5) is 16.2. The maximum atomic E-state index is 11.9. The zero-order chi connectivity index (χ0) is 17.1. The molecular formula is C18H16N4O2S. The molecule has 25 heavy (non-hydrogen) atoms. The molecule has 0 aliphatic carbocycles. The van der Waals surface area contributed by atoms with Gasteiger partial charge in [-0.3, -0.25) is 14.9 Å². The highest BCUT2D eigenvalue weighted by atomic mass is 32.2. The van der Waals surface area contributed by atoms with E-state index in [1.165, 1.54) is 0 Å². The average Bonchev–Trinajstić information content (AvgIpc) is 3.03. The van der Waals surface area contributed by atoms with Gasteiger partial charge in [-0.05, 0) is 18.2 Å². The van der Waals surface area contributed by atoms with Crippen LogP contribution in [0.4, 0.5) is 5.82 Å². The summed E-state index contributed by atoms with van der Waals surface area (Å²) >= 11 is 1.56. The summed E-state index contributed by atoms with van der Waals surface area (Å²) in [6.07, 6.45) is 3.51. The van der Waals surface area contributed by atoms with Crippen LogP contribution in [0.5, 0.6) is 5.75 Å². The largest absolute Gasteiger partial charge is 0.487 e. The highest BCUT2D eigenvalue weighted by Crippen LogP contribution is 2.43. The Bertz CT molecular complexity index is 882. The van der Waals surface area contributed by atoms with Crippen molar-refractivity contribution in [2.75, 3.05) is 11.1 Å². The minimum atomic E-state index is -0.0371. The molecule has 0 saturated carbocycles. The van der Waals surface area contributed by atoms with Crippen LogP contribution in [0.25, 0.3) is 0 Å². The average molecular weight is 352 g/mol. The number of rotatable bonds is 4. The fourth-order valence-electron chi connectivity index (χ4n) is 2.74. The van der Waals surface area contributed by atoms with Crippen molar-refractivity contribution in [3.05, 3.63) is 71.7 Å². The fraction of sp³-hybridized carbons (Fsp3) is 0.167. The van der Waals surface area contributed by atoms with Gasteiger partial charge < -0.3 is 10.1 Å². The molecule has 2 N–H and O–H groups in total. The van der Waals surface area contributed by atoms with Crippen molar-refractivity contribution in [1.29, 1.82) is 0 Å². The first-order chi connectivity index (χ1) is 12.3. The lowest BCUT2D eigenvalue weighted by Crippen LogP contribution is -2.12. The number of aromatic amines is 1. The first-order valence-electron chi connectivity index (χ1n) is 7.87. The van der Waals surface area contributed by atoms with E-state index >= 15 is 0 Å². The number of ether oxygens (including phenoxy) is 1. The quantitative estimate of drug-likeness (QED) is 0.754. The number of aromatic nitrogens is 3. The Kier molecular flexibility index (Phi) is 4.39. The fourth-order valence-corrected chi connectivity index (χ4v) is 3.86. The lowest BCUT2D eigenvalue weighted by atomic mass is 10.1. The first-order valence-corrected chi connectivity index (χ1v) is 8.92. The van der Waals surface area contributed by atoms with Crippen molar-refractivity contribution in [2.24, 2.45) is 0 Å². The number of para-hydroxylation sites is 1. The van der Waals surface area contributed by atoms with Crippen LogP contribution in [0, 0.1) is 0 Å². The molecule has 0 radical (unpaired) electrons. The van der Waals surface area contributed by atoms with E-state index in [2.05, 4.69) is 20.5 Å². The Morgan fingerprint density at radius 1 is 1.16 bits per heavy atom. The van der Waals surface area contributed by atoms with Gasteiger partial charge in [0.25, 0.3) is 0 Å². The molecule has 126 valence electrons. The maximum absolute atomic E-state index is 11.9. The molecular weight excluding hydrogens is 336 g/mol. The predicted octanol–water partition coefficient (Wildman–Crippen LogP) is 3.16. The van der Waals surface area contributed by atoms with Gasteiger partial charge >= 0.3 is 0 Å². The monoisotopic (exact) mass is 352 g/mol. The number of hydrogen-bond acceptors (Lipinski definition) is 5. The molecule has 1 amide bonds. The normalized spacial score (nSPS) is 16.6. The minimum absolute atomic E-state index is 0.0346. The van der Waals surface area contributed by atoms with Crippen molar-refractivity contribution in [3.8, 4) is 5.75 Å². The number of nitrogens with one attached hydrogen (secondary N) is 2. The number of carbonyl (C=O) groups is 1. The predicted molar refractivity (Wildman–Crippen MR) is 96.5 cm³/mol. The number of fused-ring (bicyclic) bond motifs is 1. The van der Waals surface area contributed by atoms with Gasteiger partial charge in [0.05, 0.1) is 22.9 Å². The summed E-state index contributed by atoms with van der Waals surface area (Å²) in [6, 6.07) is 13.6. The van der Waals surface area contributed by atoms with E-state index < -0.39 is 0 Å². The van der Waals surface area contributed by atoms with E-state index in [4.69, 9.17) is 4.74 Å². The molecule has 1 aromatic carbocycles. The minimum Gasteiger partial charge on any atom is -0.487 e. The number of amides is 1. The van der Waals surface area contributed by atoms with Crippen molar-refractivity contribution < 1.29 is 9.53 Å². The van der Waals surface area contributed by atoms with Crippen LogP contribution in [0.1, 0.15) is 22.1 Å². The van der Waals surface area contributed by atoms with E-state index in [0.29, 0.717) is 18.2 Å². The molecule has 1 aliphatic rings. The molecule has 0 saturated heterocycles. The summed E-state index contributed by atoms with van der Waals surface area (Å²) in [5, 5.41) is 9.75. The molecule has 6 nitrogen and oxygen atoms in total. The van der Waals surface area contributed by atoms with Crippen LogP contribution < -0.4 is 10.1 Å². The molecule has 3 aromatic rings. The summed E-state index contributed by atoms with van der Waals surface area (Å²) in [7, 11) is 0. The topological polar surface area (TPSA) is 79.9 Å². The maximum Gasteiger partial charge on any atom is 0.235 e. The number of pyridine rings is 1. The Hall–Kier alpha value is -2.80. The molecule has 0 fully saturated rings. The van der Waals surface area contributed by atoms with E-state index in [1.54, 1.807) is 24.2 Å². The van der Waals surface area contributed by atoms with E-state index in [0.717, 1.165) is 22.6 Å². The van der Waals surface area contributed by atoms with Crippen molar-refractivity contribution in [2.45, 2.75) is 11.9 Å². The van der Waals surface area contributed by atoms with Gasteiger partial charge in [0.1, 0.15) is 18.2 Å². The Morgan fingerprint density at radius 3 is 2.92 bits per heavy atom. The van der Waals surface area contributed by atoms with Gasteiger partial charge in [0, 0.05) is 17.3 Å². The molecule has 2 aromatic heterocycles. The van der Waals surface area contributed by atoms with Crippen LogP contribution in [0.2, 0.25) is 0 Å². The van der Waals surface area contributed by atoms with Gasteiger partial charge in [-0.2, -0.15) is 5.10 Å². The molecule has 7 heteroatoms. The summed E-state index contributed by atoms with van der Waals surface area (Å²) in [6.45, 7) is 0.394. The highest BCUT2D eigenvalue weighted by molar-refractivity contribution is 8.00. The molecule has 1 atom stereocenters. The number of thioether (sulfide) groups is 1. The molecule has 0 bridgehead atoms. The summed E-state index contributed by atoms with van der Waals surface area (Å²) in [5.74, 6) is 1.78. The third-order valence-corrected chi connectivity index (χ3v) is 5.17. The van der Waals surface area contributed by atoms with Gasteiger partial charge in [-0.1, -0.05) is 24.3 Å². The molecule has 1 aliphatic heterocycles. The number of carbonyl (C=O) groups excluding carboxylic acids is 1. The molecule has 0 unspecified atom stereocenters. The summed E-state index contributed by atoms with van der Waals surface area (Å²) < 4.78 is 6.02. The number of anilines is 1. The van der Waals surface area contributed by atoms with E-state index in [-0.39, 0.29) is 11.2 Å².